The van der Waals surface area contributed by atoms with Crippen LogP contribution in [0.5, 0.6) is 0 Å². The van der Waals surface area contributed by atoms with Crippen LogP contribution in [0.1, 0.15) is 67.3 Å². The number of aryl methyl sites for hydroxylation is 2. The predicted octanol–water partition coefficient (Wildman–Crippen LogP) is 5.68. The minimum atomic E-state index is -3.58. The Morgan fingerprint density at radius 2 is 1.82 bits per heavy atom. The first-order valence-corrected chi connectivity index (χ1v) is 14.5. The van der Waals surface area contributed by atoms with Crippen molar-refractivity contribution in [2.24, 2.45) is 5.92 Å². The van der Waals surface area contributed by atoms with Crippen molar-refractivity contribution in [2.75, 3.05) is 13.1 Å². The van der Waals surface area contributed by atoms with Gasteiger partial charge in [0.1, 0.15) is 0 Å². The molecule has 1 N–H and O–H groups in total. The molecule has 2 aromatic rings. The third-order valence-electron chi connectivity index (χ3n) is 6.98. The van der Waals surface area contributed by atoms with Crippen LogP contribution in [0.25, 0.3) is 0 Å². The molecule has 0 spiro atoms. The molecule has 0 saturated carbocycles. The molecule has 34 heavy (non-hydrogen) atoms. The summed E-state index contributed by atoms with van der Waals surface area (Å²) in [5.74, 6) is -0.590. The van der Waals surface area contributed by atoms with E-state index in [-0.39, 0.29) is 30.2 Å². The Hall–Kier alpha value is -1.60. The highest BCUT2D eigenvalue weighted by Gasteiger charge is 2.33. The summed E-state index contributed by atoms with van der Waals surface area (Å²) in [6, 6.07) is 11.4. The number of hydrogen-bond acceptors (Lipinski definition) is 3. The van der Waals surface area contributed by atoms with Gasteiger partial charge in [0, 0.05) is 13.1 Å². The van der Waals surface area contributed by atoms with Gasteiger partial charge in [0.05, 0.1) is 27.8 Å². The van der Waals surface area contributed by atoms with Crippen LogP contribution in [-0.4, -0.2) is 31.7 Å². The number of carbonyl (C=O) groups excluding carboxylic acids is 1. The number of halogens is 2. The zero-order valence-corrected chi connectivity index (χ0v) is 21.9. The van der Waals surface area contributed by atoms with Crippen LogP contribution in [0, 0.1) is 5.92 Å². The Bertz CT molecular complexity index is 1150. The largest absolute Gasteiger partial charge is 0.349 e. The third kappa shape index (κ3) is 5.96. The summed E-state index contributed by atoms with van der Waals surface area (Å²) in [6.07, 6.45) is 6.83. The highest BCUT2D eigenvalue weighted by molar-refractivity contribution is 7.88. The van der Waals surface area contributed by atoms with Crippen molar-refractivity contribution in [2.45, 2.75) is 63.7 Å². The van der Waals surface area contributed by atoms with Gasteiger partial charge in [-0.1, -0.05) is 54.4 Å². The molecule has 1 fully saturated rings. The fourth-order valence-electron chi connectivity index (χ4n) is 5.02. The summed E-state index contributed by atoms with van der Waals surface area (Å²) in [5.41, 5.74) is 4.54. The fraction of sp³-hybridized carbons (Fsp3) is 0.500. The molecular weight excluding hydrogens is 491 g/mol. The van der Waals surface area contributed by atoms with Crippen LogP contribution >= 0.6 is 23.2 Å². The van der Waals surface area contributed by atoms with Crippen molar-refractivity contribution >= 4 is 39.1 Å². The molecule has 1 heterocycles. The van der Waals surface area contributed by atoms with Crippen LogP contribution in [0.4, 0.5) is 0 Å². The van der Waals surface area contributed by atoms with Gasteiger partial charge in [-0.15, -0.1) is 0 Å². The number of benzene rings is 2. The quantitative estimate of drug-likeness (QED) is 0.508. The second-order valence-corrected chi connectivity index (χ2v) is 12.2. The van der Waals surface area contributed by atoms with Crippen LogP contribution in [-0.2, 0) is 33.4 Å². The highest BCUT2D eigenvalue weighted by Crippen LogP contribution is 2.28. The zero-order valence-electron chi connectivity index (χ0n) is 19.5. The Morgan fingerprint density at radius 3 is 2.56 bits per heavy atom. The van der Waals surface area contributed by atoms with E-state index in [0.29, 0.717) is 35.0 Å². The Morgan fingerprint density at radius 1 is 1.06 bits per heavy atom. The molecule has 1 saturated heterocycles. The van der Waals surface area contributed by atoms with E-state index >= 15 is 0 Å². The highest BCUT2D eigenvalue weighted by atomic mass is 35.5. The van der Waals surface area contributed by atoms with Gasteiger partial charge in [0.2, 0.25) is 15.9 Å². The summed E-state index contributed by atoms with van der Waals surface area (Å²) < 4.78 is 27.6. The van der Waals surface area contributed by atoms with Crippen LogP contribution in [0.15, 0.2) is 36.4 Å². The van der Waals surface area contributed by atoms with E-state index in [1.54, 1.807) is 18.2 Å². The first-order valence-electron chi connectivity index (χ1n) is 12.1. The van der Waals surface area contributed by atoms with E-state index in [2.05, 4.69) is 30.4 Å². The van der Waals surface area contributed by atoms with E-state index in [1.807, 2.05) is 0 Å². The first kappa shape index (κ1) is 25.5. The molecule has 2 aromatic carbocycles. The molecule has 0 aromatic heterocycles. The Kier molecular flexibility index (Phi) is 8.24. The minimum absolute atomic E-state index is 0.0667. The fourth-order valence-corrected chi connectivity index (χ4v) is 6.94. The van der Waals surface area contributed by atoms with Gasteiger partial charge < -0.3 is 5.32 Å². The second kappa shape index (κ2) is 11.0. The lowest BCUT2D eigenvalue weighted by Gasteiger charge is -2.32. The minimum Gasteiger partial charge on any atom is -0.349 e. The maximum Gasteiger partial charge on any atom is 0.224 e. The van der Waals surface area contributed by atoms with E-state index in [0.717, 1.165) is 24.8 Å². The Labute approximate surface area is 212 Å². The van der Waals surface area contributed by atoms with Crippen molar-refractivity contribution in [3.63, 3.8) is 0 Å². The van der Waals surface area contributed by atoms with Gasteiger partial charge in [-0.25, -0.2) is 12.7 Å². The van der Waals surface area contributed by atoms with E-state index in [9.17, 15) is 13.2 Å². The molecule has 1 amide bonds. The SMILES string of the molecule is CC[C@H](NC(=O)[C@@H]1CCCN(S(=O)(=O)Cc2ccc(Cl)c(Cl)c2)C1)c1ccc2c(c1)CCCC2. The molecule has 4 rings (SSSR count). The summed E-state index contributed by atoms with van der Waals surface area (Å²) in [5, 5.41) is 3.92. The number of piperidine rings is 1. The monoisotopic (exact) mass is 522 g/mol. The van der Waals surface area contributed by atoms with E-state index < -0.39 is 10.0 Å². The second-order valence-electron chi connectivity index (χ2n) is 9.41. The van der Waals surface area contributed by atoms with Gasteiger partial charge >= 0.3 is 0 Å². The number of nitrogens with zero attached hydrogens (tertiary/aromatic N) is 1. The van der Waals surface area contributed by atoms with Crippen molar-refractivity contribution in [1.82, 2.24) is 9.62 Å². The molecule has 1 aliphatic carbocycles. The predicted molar refractivity (Wildman–Crippen MR) is 138 cm³/mol. The van der Waals surface area contributed by atoms with Crippen molar-refractivity contribution in [3.05, 3.63) is 68.7 Å². The first-order chi connectivity index (χ1) is 16.3. The van der Waals surface area contributed by atoms with Crippen LogP contribution in [0.2, 0.25) is 10.0 Å². The molecule has 2 atom stereocenters. The van der Waals surface area contributed by atoms with Gasteiger partial charge in [-0.2, -0.15) is 0 Å². The number of nitrogens with one attached hydrogen (secondary N) is 1. The normalized spacial score (nSPS) is 19.9. The lowest BCUT2D eigenvalue weighted by Crippen LogP contribution is -2.46. The Balaban J connectivity index is 1.41. The van der Waals surface area contributed by atoms with Crippen molar-refractivity contribution in [1.29, 1.82) is 0 Å². The standard InChI is InChI=1S/C26H32Cl2N2O3S/c1-2-25(21-11-10-19-6-3-4-7-20(19)15-21)29-26(31)22-8-5-13-30(16-22)34(32,33)17-18-9-12-23(27)24(28)14-18/h9-12,14-15,22,25H,2-8,13,16-17H2,1H3,(H,29,31)/t22-,25+/m1/s1. The molecule has 0 bridgehead atoms. The van der Waals surface area contributed by atoms with Crippen LogP contribution in [0.3, 0.4) is 0 Å². The summed E-state index contributed by atoms with van der Waals surface area (Å²) in [6.45, 7) is 2.70. The van der Waals surface area contributed by atoms with E-state index in [4.69, 9.17) is 23.2 Å². The topological polar surface area (TPSA) is 66.5 Å². The lowest BCUT2D eigenvalue weighted by molar-refractivity contribution is -0.126. The molecule has 0 radical (unpaired) electrons. The van der Waals surface area contributed by atoms with Crippen molar-refractivity contribution < 1.29 is 13.2 Å². The van der Waals surface area contributed by atoms with Gasteiger partial charge in [-0.05, 0) is 79.3 Å². The van der Waals surface area contributed by atoms with Crippen LogP contribution < -0.4 is 5.32 Å². The number of hydrogen-bond donors (Lipinski definition) is 1. The zero-order chi connectivity index (χ0) is 24.3. The number of sulfonamides is 1. The average Bonchev–Trinajstić information content (AvgIpc) is 2.84. The number of rotatable bonds is 7. The maximum absolute atomic E-state index is 13.2. The van der Waals surface area contributed by atoms with Gasteiger partial charge in [-0.3, -0.25) is 4.79 Å². The molecular formula is C26H32Cl2N2O3S. The molecule has 5 nitrogen and oxygen atoms in total. The number of amides is 1. The smallest absolute Gasteiger partial charge is 0.224 e. The van der Waals surface area contributed by atoms with Gasteiger partial charge in [0.25, 0.3) is 0 Å². The van der Waals surface area contributed by atoms with Crippen molar-refractivity contribution in [3.8, 4) is 0 Å². The summed E-state index contributed by atoms with van der Waals surface area (Å²) in [7, 11) is -3.58. The average molecular weight is 524 g/mol. The van der Waals surface area contributed by atoms with E-state index in [1.165, 1.54) is 28.3 Å². The maximum atomic E-state index is 13.2. The van der Waals surface area contributed by atoms with Gasteiger partial charge in [0.15, 0.2) is 0 Å². The summed E-state index contributed by atoms with van der Waals surface area (Å²) in [4.78, 5) is 13.2. The molecule has 0 unspecified atom stereocenters. The molecule has 184 valence electrons. The molecule has 8 heteroatoms. The summed E-state index contributed by atoms with van der Waals surface area (Å²) >= 11 is 12.0. The third-order valence-corrected chi connectivity index (χ3v) is 9.54. The molecule has 1 aliphatic heterocycles. The lowest BCUT2D eigenvalue weighted by atomic mass is 9.88. The number of fused-ring (bicyclic) bond motifs is 1. The number of carbonyl (C=O) groups is 1. The molecule has 2 aliphatic rings.